The number of morpholine rings is 1. The lowest BCUT2D eigenvalue weighted by molar-refractivity contribution is -0.125. The first-order valence-electron chi connectivity index (χ1n) is 10.2. The van der Waals surface area contributed by atoms with Gasteiger partial charge in [-0.05, 0) is 44.4 Å². The van der Waals surface area contributed by atoms with Crippen molar-refractivity contribution < 1.29 is 19.1 Å². The Kier molecular flexibility index (Phi) is 5.31. The highest BCUT2D eigenvalue weighted by Crippen LogP contribution is 2.26. The van der Waals surface area contributed by atoms with E-state index in [0.29, 0.717) is 31.5 Å². The molecule has 3 aliphatic rings. The first-order valence-corrected chi connectivity index (χ1v) is 10.2. The van der Waals surface area contributed by atoms with Crippen LogP contribution in [0.15, 0.2) is 24.3 Å². The molecule has 1 aromatic rings. The summed E-state index contributed by atoms with van der Waals surface area (Å²) in [7, 11) is 0. The SMILES string of the molecule is C[C@@H]1CN(Cc2ccc(C(=O)N3CCC4(CC3)NC(=O)NC4=O)cc2)C[C@@H](C)O1. The predicted molar refractivity (Wildman–Crippen MR) is 106 cm³/mol. The number of urea groups is 1. The summed E-state index contributed by atoms with van der Waals surface area (Å²) in [4.78, 5) is 40.5. The number of imide groups is 1. The lowest BCUT2D eigenvalue weighted by Crippen LogP contribution is -2.55. The zero-order chi connectivity index (χ0) is 20.6. The van der Waals surface area contributed by atoms with Crippen LogP contribution in [0, 0.1) is 0 Å². The van der Waals surface area contributed by atoms with Crippen LogP contribution >= 0.6 is 0 Å². The second-order valence-corrected chi connectivity index (χ2v) is 8.43. The van der Waals surface area contributed by atoms with Gasteiger partial charge in [0.1, 0.15) is 5.54 Å². The largest absolute Gasteiger partial charge is 0.373 e. The summed E-state index contributed by atoms with van der Waals surface area (Å²) in [5.74, 6) is -0.324. The van der Waals surface area contributed by atoms with Crippen molar-refractivity contribution in [3.05, 3.63) is 35.4 Å². The number of nitrogens with zero attached hydrogens (tertiary/aromatic N) is 2. The molecule has 8 nitrogen and oxygen atoms in total. The maximum absolute atomic E-state index is 12.8. The van der Waals surface area contributed by atoms with Gasteiger partial charge < -0.3 is 15.0 Å². The number of benzene rings is 1. The van der Waals surface area contributed by atoms with Gasteiger partial charge in [0.05, 0.1) is 12.2 Å². The molecule has 3 saturated heterocycles. The van der Waals surface area contributed by atoms with Gasteiger partial charge in [-0.25, -0.2) is 4.79 Å². The van der Waals surface area contributed by atoms with Crippen molar-refractivity contribution in [2.45, 2.75) is 51.0 Å². The molecule has 0 aliphatic carbocycles. The monoisotopic (exact) mass is 400 g/mol. The highest BCUT2D eigenvalue weighted by atomic mass is 16.5. The molecule has 1 spiro atoms. The van der Waals surface area contributed by atoms with E-state index in [9.17, 15) is 14.4 Å². The van der Waals surface area contributed by atoms with E-state index >= 15 is 0 Å². The third-order valence-electron chi connectivity index (χ3n) is 6.02. The van der Waals surface area contributed by atoms with Crippen LogP contribution in [0.25, 0.3) is 0 Å². The normalized spacial score (nSPS) is 27.0. The van der Waals surface area contributed by atoms with E-state index in [1.54, 1.807) is 4.90 Å². The molecule has 0 bridgehead atoms. The van der Waals surface area contributed by atoms with Gasteiger partial charge in [0.2, 0.25) is 0 Å². The minimum absolute atomic E-state index is 0.0373. The molecule has 0 unspecified atom stereocenters. The number of hydrogen-bond acceptors (Lipinski definition) is 5. The number of piperidine rings is 1. The van der Waals surface area contributed by atoms with E-state index in [2.05, 4.69) is 29.4 Å². The van der Waals surface area contributed by atoms with E-state index < -0.39 is 11.6 Å². The number of ether oxygens (including phenoxy) is 1. The number of rotatable bonds is 3. The van der Waals surface area contributed by atoms with Crippen LogP contribution < -0.4 is 10.6 Å². The minimum Gasteiger partial charge on any atom is -0.373 e. The molecule has 29 heavy (non-hydrogen) atoms. The Labute approximate surface area is 170 Å². The summed E-state index contributed by atoms with van der Waals surface area (Å²) in [6.45, 7) is 7.72. The van der Waals surface area contributed by atoms with Crippen LogP contribution in [0.5, 0.6) is 0 Å². The highest BCUT2D eigenvalue weighted by molar-refractivity contribution is 6.07. The average molecular weight is 400 g/mol. The van der Waals surface area contributed by atoms with Crippen LogP contribution in [0.3, 0.4) is 0 Å². The summed E-state index contributed by atoms with van der Waals surface area (Å²) in [6.07, 6.45) is 1.33. The molecule has 0 radical (unpaired) electrons. The first-order chi connectivity index (χ1) is 13.8. The van der Waals surface area contributed by atoms with Crippen LogP contribution in [0.4, 0.5) is 4.79 Å². The maximum Gasteiger partial charge on any atom is 0.322 e. The van der Waals surface area contributed by atoms with Gasteiger partial charge in [0.15, 0.2) is 0 Å². The highest BCUT2D eigenvalue weighted by Gasteiger charge is 2.48. The summed E-state index contributed by atoms with van der Waals surface area (Å²) in [6, 6.07) is 7.32. The molecule has 0 saturated carbocycles. The second kappa shape index (κ2) is 7.76. The predicted octanol–water partition coefficient (Wildman–Crippen LogP) is 1.11. The standard InChI is InChI=1S/C21H28N4O4/c1-14-11-24(12-15(2)29-14)13-16-3-5-17(6-4-16)18(26)25-9-7-21(8-10-25)19(27)22-20(28)23-21/h3-6,14-15H,7-13H2,1-2H3,(H2,22,23,27,28)/t14-,15-/m1/s1. The van der Waals surface area contributed by atoms with Crippen molar-refractivity contribution in [2.75, 3.05) is 26.2 Å². The molecule has 156 valence electrons. The number of hydrogen-bond donors (Lipinski definition) is 2. The molecule has 3 heterocycles. The van der Waals surface area contributed by atoms with Crippen molar-refractivity contribution in [3.63, 3.8) is 0 Å². The van der Waals surface area contributed by atoms with Gasteiger partial charge in [0.25, 0.3) is 11.8 Å². The van der Waals surface area contributed by atoms with E-state index in [4.69, 9.17) is 4.74 Å². The summed E-state index contributed by atoms with van der Waals surface area (Å²) >= 11 is 0. The van der Waals surface area contributed by atoms with Gasteiger partial charge in [-0.2, -0.15) is 0 Å². The van der Waals surface area contributed by atoms with Gasteiger partial charge in [-0.15, -0.1) is 0 Å². The molecule has 0 aromatic heterocycles. The molecular formula is C21H28N4O4. The molecule has 3 fully saturated rings. The van der Waals surface area contributed by atoms with Crippen LogP contribution in [0.2, 0.25) is 0 Å². The fourth-order valence-electron chi connectivity index (χ4n) is 4.58. The molecule has 8 heteroatoms. The smallest absolute Gasteiger partial charge is 0.322 e. The third kappa shape index (κ3) is 4.13. The molecular weight excluding hydrogens is 372 g/mol. The number of amides is 4. The fraction of sp³-hybridized carbons (Fsp3) is 0.571. The quantitative estimate of drug-likeness (QED) is 0.742. The molecule has 4 amide bonds. The minimum atomic E-state index is -0.857. The van der Waals surface area contributed by atoms with Crippen molar-refractivity contribution in [2.24, 2.45) is 0 Å². The molecule has 2 atom stereocenters. The lowest BCUT2D eigenvalue weighted by Gasteiger charge is -2.37. The number of carbonyl (C=O) groups is 3. The average Bonchev–Trinajstić information content (AvgIpc) is 2.94. The van der Waals surface area contributed by atoms with E-state index in [1.807, 2.05) is 24.3 Å². The number of nitrogens with one attached hydrogen (secondary N) is 2. The second-order valence-electron chi connectivity index (χ2n) is 8.43. The topological polar surface area (TPSA) is 91.0 Å². The Hall–Kier alpha value is -2.45. The molecule has 2 N–H and O–H groups in total. The summed E-state index contributed by atoms with van der Waals surface area (Å²) in [5, 5.41) is 5.01. The Bertz CT molecular complexity index is 791. The third-order valence-corrected chi connectivity index (χ3v) is 6.02. The van der Waals surface area contributed by atoms with Crippen LogP contribution in [0.1, 0.15) is 42.6 Å². The zero-order valence-electron chi connectivity index (χ0n) is 16.9. The van der Waals surface area contributed by atoms with Crippen molar-refractivity contribution in [1.82, 2.24) is 20.4 Å². The van der Waals surface area contributed by atoms with Crippen LogP contribution in [-0.2, 0) is 16.1 Å². The molecule has 1 aromatic carbocycles. The lowest BCUT2D eigenvalue weighted by atomic mass is 9.87. The van der Waals surface area contributed by atoms with E-state index in [-0.39, 0.29) is 24.0 Å². The van der Waals surface area contributed by atoms with Gasteiger partial charge in [-0.3, -0.25) is 19.8 Å². The number of carbonyl (C=O) groups excluding carboxylic acids is 3. The Balaban J connectivity index is 1.34. The van der Waals surface area contributed by atoms with Gasteiger partial charge in [0, 0.05) is 38.3 Å². The fourth-order valence-corrected chi connectivity index (χ4v) is 4.58. The first kappa shape index (κ1) is 19.8. The Morgan fingerprint density at radius 1 is 1.10 bits per heavy atom. The zero-order valence-corrected chi connectivity index (χ0v) is 16.9. The van der Waals surface area contributed by atoms with Crippen molar-refractivity contribution in [3.8, 4) is 0 Å². The van der Waals surface area contributed by atoms with Crippen LogP contribution in [-0.4, -0.2) is 71.6 Å². The number of likely N-dealkylation sites (tertiary alicyclic amines) is 1. The maximum atomic E-state index is 12.8. The Morgan fingerprint density at radius 2 is 1.72 bits per heavy atom. The van der Waals surface area contributed by atoms with E-state index in [1.165, 1.54) is 5.56 Å². The summed E-state index contributed by atoms with van der Waals surface area (Å²) < 4.78 is 5.78. The Morgan fingerprint density at radius 3 is 2.28 bits per heavy atom. The molecule has 4 rings (SSSR count). The van der Waals surface area contributed by atoms with Crippen molar-refractivity contribution >= 4 is 17.8 Å². The van der Waals surface area contributed by atoms with Gasteiger partial charge in [-0.1, -0.05) is 12.1 Å². The van der Waals surface area contributed by atoms with Crippen molar-refractivity contribution in [1.29, 1.82) is 0 Å². The van der Waals surface area contributed by atoms with E-state index in [0.717, 1.165) is 19.6 Å². The van der Waals surface area contributed by atoms with Gasteiger partial charge >= 0.3 is 6.03 Å². The summed E-state index contributed by atoms with van der Waals surface area (Å²) in [5.41, 5.74) is 0.962. The molecule has 3 aliphatic heterocycles.